The Morgan fingerprint density at radius 3 is 2.25 bits per heavy atom. The summed E-state index contributed by atoms with van der Waals surface area (Å²) < 4.78 is 3.11. The predicted octanol–water partition coefficient (Wildman–Crippen LogP) is 1.96. The maximum atomic E-state index is 5.00. The molecule has 0 aromatic rings. The first kappa shape index (κ1) is 4.82. The molecule has 4 heavy (non-hydrogen) atoms. The molecule has 2 radical (unpaired) electrons. The van der Waals surface area contributed by atoms with Crippen LogP contribution >= 0.6 is 28.8 Å². The Bertz CT molecular complexity index is 23.2. The van der Waals surface area contributed by atoms with E-state index in [-0.39, 0.29) is 0 Å². The van der Waals surface area contributed by atoms with Crippen molar-refractivity contribution in [1.82, 2.24) is 0 Å². The third kappa shape index (κ3) is 2.82. The van der Waals surface area contributed by atoms with Crippen molar-refractivity contribution in [2.24, 2.45) is 3.15 Å². The maximum Gasteiger partial charge on any atom is 0.107 e. The fraction of sp³-hybridized carbons (Fsp3) is 0. The smallest absolute Gasteiger partial charge is 0.107 e. The van der Waals surface area contributed by atoms with Crippen LogP contribution < -0.4 is 0 Å². The number of halogens is 2. The van der Waals surface area contributed by atoms with Gasteiger partial charge in [0.1, 0.15) is 27.0 Å². The summed E-state index contributed by atoms with van der Waals surface area (Å²) in [4.78, 5) is 0. The Hall–Kier alpha value is 0.820. The lowest BCUT2D eigenvalue weighted by molar-refractivity contribution is 1.73. The largest absolute Gasteiger partial charge is 0.240 e. The fourth-order valence-electron chi connectivity index (χ4n) is 0. The molecule has 0 heterocycles. The summed E-state index contributed by atoms with van der Waals surface area (Å²) in [5, 5.41) is 0. The molecule has 3 heteroatoms. The van der Waals surface area contributed by atoms with Crippen LogP contribution in [-0.2, 0) is 0 Å². The summed E-state index contributed by atoms with van der Waals surface area (Å²) in [6, 6.07) is 0. The second kappa shape index (κ2) is 3.82. The quantitative estimate of drug-likeness (QED) is 0.517. The van der Waals surface area contributed by atoms with Crippen molar-refractivity contribution in [2.75, 3.05) is 0 Å². The van der Waals surface area contributed by atoms with Gasteiger partial charge >= 0.3 is 0 Å². The van der Waals surface area contributed by atoms with Crippen molar-refractivity contribution >= 4 is 28.8 Å². The lowest BCUT2D eigenvalue weighted by Crippen LogP contribution is -1.06. The molecule has 0 saturated carbocycles. The SMILES string of the molecule is [CH]N=ICl. The molecule has 0 amide bonds. The highest BCUT2D eigenvalue weighted by Crippen LogP contribution is 2.02. The Kier molecular flexibility index (Phi) is 4.60. The van der Waals surface area contributed by atoms with Crippen molar-refractivity contribution in [3.05, 3.63) is 7.05 Å². The average molecular weight is 189 g/mol. The Morgan fingerprint density at radius 2 is 2.25 bits per heavy atom. The number of hydrogen-bond donors (Lipinski definition) is 0. The highest BCUT2D eigenvalue weighted by Gasteiger charge is 1.39. The van der Waals surface area contributed by atoms with Gasteiger partial charge in [0.15, 0.2) is 0 Å². The molecule has 0 aliphatic heterocycles. The van der Waals surface area contributed by atoms with Crippen LogP contribution in [0, 0.1) is 7.05 Å². The van der Waals surface area contributed by atoms with Crippen LogP contribution in [0.5, 0.6) is 0 Å². The van der Waals surface area contributed by atoms with Gasteiger partial charge in [-0.25, -0.2) is 3.15 Å². The van der Waals surface area contributed by atoms with E-state index in [0.717, 1.165) is 0 Å². The van der Waals surface area contributed by atoms with E-state index in [2.05, 4.69) is 10.2 Å². The summed E-state index contributed by atoms with van der Waals surface area (Å²) in [6.07, 6.45) is 0. The lowest BCUT2D eigenvalue weighted by Gasteiger charge is -1.46. The van der Waals surface area contributed by atoms with E-state index in [0.29, 0.717) is 0 Å². The van der Waals surface area contributed by atoms with Gasteiger partial charge in [0.2, 0.25) is 0 Å². The van der Waals surface area contributed by atoms with Gasteiger partial charge < -0.3 is 0 Å². The minimum atomic E-state index is -0.514. The monoisotopic (exact) mass is 189 g/mol. The first-order valence-corrected chi connectivity index (χ1v) is 4.27. The Morgan fingerprint density at radius 1 is 2.00 bits per heavy atom. The summed E-state index contributed by atoms with van der Waals surface area (Å²) >= 11 is -0.514. The minimum absolute atomic E-state index is 0.514. The topological polar surface area (TPSA) is 12.4 Å². The molecule has 0 aliphatic carbocycles. The molecule has 0 aromatic carbocycles. The Labute approximate surface area is 39.2 Å². The zero-order valence-corrected chi connectivity index (χ0v) is 4.69. The van der Waals surface area contributed by atoms with Crippen LogP contribution in [0.2, 0.25) is 0 Å². The van der Waals surface area contributed by atoms with Crippen LogP contribution in [0.15, 0.2) is 3.15 Å². The standard InChI is InChI=1S/CHClIN/c1-4-3-2/h1H. The maximum absolute atomic E-state index is 5.00. The van der Waals surface area contributed by atoms with Gasteiger partial charge in [-0.2, -0.15) is 0 Å². The first-order valence-electron chi connectivity index (χ1n) is 0.570. The molecule has 0 atom stereocenters. The fourth-order valence-corrected chi connectivity index (χ4v) is 0. The van der Waals surface area contributed by atoms with Crippen LogP contribution in [-0.4, -0.2) is 0 Å². The summed E-state index contributed by atoms with van der Waals surface area (Å²) in [6.45, 7) is 0. The third-order valence-corrected chi connectivity index (χ3v) is 0.742. The van der Waals surface area contributed by atoms with E-state index in [1.807, 2.05) is 0 Å². The van der Waals surface area contributed by atoms with Crippen LogP contribution in [0.1, 0.15) is 0 Å². The van der Waals surface area contributed by atoms with Gasteiger partial charge in [-0.3, -0.25) is 0 Å². The van der Waals surface area contributed by atoms with E-state index >= 15 is 0 Å². The van der Waals surface area contributed by atoms with E-state index in [1.54, 1.807) is 0 Å². The van der Waals surface area contributed by atoms with Gasteiger partial charge in [-0.05, 0) is 8.91 Å². The predicted molar refractivity (Wildman–Crippen MR) is 26.6 cm³/mol. The van der Waals surface area contributed by atoms with Crippen molar-refractivity contribution < 1.29 is 0 Å². The molecule has 0 spiro atoms. The molecule has 0 N–H and O–H groups in total. The minimum Gasteiger partial charge on any atom is -0.240 e. The molecule has 0 rings (SSSR count). The van der Waals surface area contributed by atoms with Gasteiger partial charge in [0.25, 0.3) is 0 Å². The zero-order chi connectivity index (χ0) is 3.41. The van der Waals surface area contributed by atoms with E-state index in [1.165, 1.54) is 0 Å². The highest BCUT2D eigenvalue weighted by atomic mass is 127. The van der Waals surface area contributed by atoms with E-state index in [9.17, 15) is 0 Å². The zero-order valence-electron chi connectivity index (χ0n) is 1.78. The van der Waals surface area contributed by atoms with E-state index < -0.39 is 19.9 Å². The van der Waals surface area contributed by atoms with Crippen molar-refractivity contribution in [3.8, 4) is 0 Å². The van der Waals surface area contributed by atoms with Gasteiger partial charge in [0, 0.05) is 0 Å². The summed E-state index contributed by atoms with van der Waals surface area (Å²) in [5.74, 6) is 0. The van der Waals surface area contributed by atoms with Gasteiger partial charge in [0.05, 0.1) is 0 Å². The van der Waals surface area contributed by atoms with Crippen LogP contribution in [0.4, 0.5) is 0 Å². The van der Waals surface area contributed by atoms with Crippen molar-refractivity contribution in [2.45, 2.75) is 0 Å². The molecule has 24 valence electrons. The molecule has 0 aromatic heterocycles. The summed E-state index contributed by atoms with van der Waals surface area (Å²) in [7, 11) is 9.57. The lowest BCUT2D eigenvalue weighted by atomic mass is 11.6. The van der Waals surface area contributed by atoms with Crippen LogP contribution in [0.3, 0.4) is 0 Å². The summed E-state index contributed by atoms with van der Waals surface area (Å²) in [5.41, 5.74) is 0. The molecular formula is CHClIN. The second-order valence-corrected chi connectivity index (χ2v) is 1.94. The molecule has 0 saturated heterocycles. The van der Waals surface area contributed by atoms with Gasteiger partial charge in [-0.15, -0.1) is 0 Å². The number of nitrogens with zero attached hydrogens (tertiary/aromatic N) is 1. The molecule has 1 nitrogen and oxygen atoms in total. The molecule has 0 aliphatic rings. The van der Waals surface area contributed by atoms with Crippen LogP contribution in [0.25, 0.3) is 0 Å². The average Bonchev–Trinajstić information content (AvgIpc) is 1.37. The molecule has 0 fully saturated rings. The normalized spacial score (nSPS) is 11.5. The number of hydrogen-bond acceptors (Lipinski definition) is 1. The second-order valence-electron chi connectivity index (χ2n) is 0.161. The molecule has 0 bridgehead atoms. The third-order valence-electron chi connectivity index (χ3n) is 0.0369. The van der Waals surface area contributed by atoms with Crippen molar-refractivity contribution in [3.63, 3.8) is 0 Å². The van der Waals surface area contributed by atoms with Gasteiger partial charge in [-0.1, -0.05) is 0 Å². The highest BCUT2D eigenvalue weighted by molar-refractivity contribution is 14.2. The van der Waals surface area contributed by atoms with E-state index in [4.69, 9.17) is 8.91 Å². The Balaban J connectivity index is 2.55. The first-order chi connectivity index (χ1) is 1.91. The molecular weight excluding hydrogens is 188 g/mol. The molecule has 0 unspecified atom stereocenters. The van der Waals surface area contributed by atoms with Crippen molar-refractivity contribution in [1.29, 1.82) is 0 Å². The number of rotatable bonds is 0.